The number of benzene rings is 1. The van der Waals surface area contributed by atoms with Gasteiger partial charge in [0, 0.05) is 19.0 Å². The van der Waals surface area contributed by atoms with Gasteiger partial charge in [0.15, 0.2) is 0 Å². The van der Waals surface area contributed by atoms with Gasteiger partial charge in [-0.3, -0.25) is 9.59 Å². The highest BCUT2D eigenvalue weighted by molar-refractivity contribution is 6.19. The second-order valence-corrected chi connectivity index (χ2v) is 5.50. The summed E-state index contributed by atoms with van der Waals surface area (Å²) in [7, 11) is 1.51. The van der Waals surface area contributed by atoms with Crippen LogP contribution in [-0.4, -0.2) is 37.9 Å². The van der Waals surface area contributed by atoms with Gasteiger partial charge in [-0.1, -0.05) is 12.1 Å². The van der Waals surface area contributed by atoms with E-state index in [9.17, 15) is 9.59 Å². The third-order valence-corrected chi connectivity index (χ3v) is 3.66. The number of rotatable bonds is 7. The molecule has 0 fully saturated rings. The van der Waals surface area contributed by atoms with E-state index in [1.807, 2.05) is 0 Å². The van der Waals surface area contributed by atoms with E-state index in [1.54, 1.807) is 38.1 Å². The lowest BCUT2D eigenvalue weighted by Crippen LogP contribution is -2.42. The first-order valence-electron chi connectivity index (χ1n) is 6.68. The zero-order valence-corrected chi connectivity index (χ0v) is 13.3. The molecular weight excluding hydrogens is 292 g/mol. The molecule has 0 radical (unpaired) electrons. The maximum absolute atomic E-state index is 12.0. The Morgan fingerprint density at radius 2 is 1.81 bits per heavy atom. The third-order valence-electron chi connectivity index (χ3n) is 3.00. The van der Waals surface area contributed by atoms with E-state index in [2.05, 4.69) is 10.6 Å². The second-order valence-electron chi connectivity index (χ2n) is 5.23. The molecule has 2 amide bonds. The molecule has 0 bridgehead atoms. The van der Waals surface area contributed by atoms with Crippen molar-refractivity contribution in [1.29, 1.82) is 0 Å². The Balaban J connectivity index is 2.43. The van der Waals surface area contributed by atoms with Crippen LogP contribution < -0.4 is 15.4 Å². The number of halogens is 1. The fourth-order valence-corrected chi connectivity index (χ4v) is 1.70. The molecule has 0 atom stereocenters. The summed E-state index contributed by atoms with van der Waals surface area (Å²) < 4.78 is 5.12. The molecule has 0 saturated carbocycles. The summed E-state index contributed by atoms with van der Waals surface area (Å²) in [5.74, 6) is 0.386. The summed E-state index contributed by atoms with van der Waals surface area (Å²) in [5, 5.41) is 5.47. The number of para-hydroxylation sites is 1. The van der Waals surface area contributed by atoms with Crippen molar-refractivity contribution >= 4 is 23.4 Å². The van der Waals surface area contributed by atoms with Crippen LogP contribution in [0.25, 0.3) is 0 Å². The molecule has 1 aromatic carbocycles. The van der Waals surface area contributed by atoms with Gasteiger partial charge >= 0.3 is 0 Å². The standard InChI is InChI=1S/C15H21ClN2O3/c1-15(2,10-16)14(20)18-9-8-17-13(19)11-6-4-5-7-12(11)21-3/h4-7H,8-10H2,1-3H3,(H,17,19)(H,18,20). The van der Waals surface area contributed by atoms with Crippen molar-refractivity contribution in [2.24, 2.45) is 5.41 Å². The van der Waals surface area contributed by atoms with Crippen molar-refractivity contribution < 1.29 is 14.3 Å². The number of carbonyl (C=O) groups excluding carboxylic acids is 2. The molecule has 5 nitrogen and oxygen atoms in total. The van der Waals surface area contributed by atoms with Gasteiger partial charge in [0.25, 0.3) is 5.91 Å². The van der Waals surface area contributed by atoms with E-state index >= 15 is 0 Å². The minimum Gasteiger partial charge on any atom is -0.496 e. The van der Waals surface area contributed by atoms with Crippen molar-refractivity contribution in [3.8, 4) is 5.75 Å². The first kappa shape index (κ1) is 17.3. The molecule has 1 rings (SSSR count). The maximum atomic E-state index is 12.0. The Bertz CT molecular complexity index is 503. The van der Waals surface area contributed by atoms with E-state index in [1.165, 1.54) is 7.11 Å². The van der Waals surface area contributed by atoms with Crippen LogP contribution in [0.1, 0.15) is 24.2 Å². The van der Waals surface area contributed by atoms with Crippen LogP contribution in [0.3, 0.4) is 0 Å². The van der Waals surface area contributed by atoms with Gasteiger partial charge in [0.2, 0.25) is 5.91 Å². The smallest absolute Gasteiger partial charge is 0.255 e. The Hall–Kier alpha value is -1.75. The van der Waals surface area contributed by atoms with Crippen LogP contribution in [0.15, 0.2) is 24.3 Å². The highest BCUT2D eigenvalue weighted by Gasteiger charge is 2.25. The third kappa shape index (κ3) is 4.93. The fourth-order valence-electron chi connectivity index (χ4n) is 1.58. The Kier molecular flexibility index (Phi) is 6.49. The minimum atomic E-state index is -0.617. The van der Waals surface area contributed by atoms with Gasteiger partial charge in [0.05, 0.1) is 18.1 Å². The Morgan fingerprint density at radius 1 is 1.19 bits per heavy atom. The van der Waals surface area contributed by atoms with Crippen LogP contribution in [0.4, 0.5) is 0 Å². The summed E-state index contributed by atoms with van der Waals surface area (Å²) in [5.41, 5.74) is -0.152. The number of ether oxygens (including phenoxy) is 1. The van der Waals surface area contributed by atoms with Gasteiger partial charge in [0.1, 0.15) is 5.75 Å². The molecule has 0 spiro atoms. The first-order chi connectivity index (χ1) is 9.92. The van der Waals surface area contributed by atoms with Crippen molar-refractivity contribution in [2.75, 3.05) is 26.1 Å². The van der Waals surface area contributed by atoms with E-state index in [4.69, 9.17) is 16.3 Å². The van der Waals surface area contributed by atoms with E-state index in [-0.39, 0.29) is 17.7 Å². The van der Waals surface area contributed by atoms with Gasteiger partial charge in [-0.15, -0.1) is 11.6 Å². The lowest BCUT2D eigenvalue weighted by Gasteiger charge is -2.20. The average molecular weight is 313 g/mol. The van der Waals surface area contributed by atoms with E-state index in [0.717, 1.165) is 0 Å². The number of alkyl halides is 1. The van der Waals surface area contributed by atoms with Crippen molar-refractivity contribution in [1.82, 2.24) is 10.6 Å². The Labute approximate surface area is 130 Å². The largest absolute Gasteiger partial charge is 0.496 e. The molecule has 0 saturated heterocycles. The lowest BCUT2D eigenvalue weighted by atomic mass is 9.95. The van der Waals surface area contributed by atoms with Crippen molar-refractivity contribution in [3.05, 3.63) is 29.8 Å². The molecule has 0 aliphatic rings. The number of amides is 2. The lowest BCUT2D eigenvalue weighted by molar-refractivity contribution is -0.128. The number of hydrogen-bond donors (Lipinski definition) is 2. The molecule has 0 aliphatic carbocycles. The number of carbonyl (C=O) groups is 2. The fraction of sp³-hybridized carbons (Fsp3) is 0.467. The SMILES string of the molecule is COc1ccccc1C(=O)NCCNC(=O)C(C)(C)CCl. The number of nitrogens with one attached hydrogen (secondary N) is 2. The molecule has 1 aromatic rings. The molecule has 116 valence electrons. The monoisotopic (exact) mass is 312 g/mol. The molecule has 21 heavy (non-hydrogen) atoms. The second kappa shape index (κ2) is 7.88. The van der Waals surface area contributed by atoms with Crippen LogP contribution >= 0.6 is 11.6 Å². The summed E-state index contributed by atoms with van der Waals surface area (Å²) in [6.45, 7) is 4.21. The maximum Gasteiger partial charge on any atom is 0.255 e. The normalized spacial score (nSPS) is 10.9. The number of hydrogen-bond acceptors (Lipinski definition) is 3. The van der Waals surface area contributed by atoms with Crippen LogP contribution in [0.2, 0.25) is 0 Å². The summed E-state index contributed by atoms with van der Waals surface area (Å²) >= 11 is 5.72. The van der Waals surface area contributed by atoms with Gasteiger partial charge < -0.3 is 15.4 Å². The minimum absolute atomic E-state index is 0.135. The zero-order chi connectivity index (χ0) is 15.9. The van der Waals surface area contributed by atoms with Gasteiger partial charge in [-0.2, -0.15) is 0 Å². The van der Waals surface area contributed by atoms with Crippen LogP contribution in [0.5, 0.6) is 5.75 Å². The zero-order valence-electron chi connectivity index (χ0n) is 12.5. The van der Waals surface area contributed by atoms with Crippen molar-refractivity contribution in [2.45, 2.75) is 13.8 Å². The molecule has 6 heteroatoms. The molecule has 0 aromatic heterocycles. The van der Waals surface area contributed by atoms with Crippen LogP contribution in [-0.2, 0) is 4.79 Å². The van der Waals surface area contributed by atoms with Crippen molar-refractivity contribution in [3.63, 3.8) is 0 Å². The molecular formula is C15H21ClN2O3. The molecule has 0 heterocycles. The molecule has 2 N–H and O–H groups in total. The predicted octanol–water partition coefficient (Wildman–Crippen LogP) is 1.81. The summed E-state index contributed by atoms with van der Waals surface area (Å²) in [4.78, 5) is 23.8. The van der Waals surface area contributed by atoms with Crippen LogP contribution in [0, 0.1) is 5.41 Å². The van der Waals surface area contributed by atoms with E-state index in [0.29, 0.717) is 24.4 Å². The molecule has 0 aliphatic heterocycles. The van der Waals surface area contributed by atoms with E-state index < -0.39 is 5.41 Å². The predicted molar refractivity (Wildman–Crippen MR) is 82.8 cm³/mol. The molecule has 0 unspecified atom stereocenters. The van der Waals surface area contributed by atoms with Gasteiger partial charge in [-0.05, 0) is 26.0 Å². The topological polar surface area (TPSA) is 67.4 Å². The van der Waals surface area contributed by atoms with Gasteiger partial charge in [-0.25, -0.2) is 0 Å². The quantitative estimate of drug-likeness (QED) is 0.596. The Morgan fingerprint density at radius 3 is 2.43 bits per heavy atom. The number of methoxy groups -OCH3 is 1. The highest BCUT2D eigenvalue weighted by Crippen LogP contribution is 2.17. The first-order valence-corrected chi connectivity index (χ1v) is 7.21. The summed E-state index contributed by atoms with van der Waals surface area (Å²) in [6, 6.07) is 6.97. The average Bonchev–Trinajstić information content (AvgIpc) is 2.50. The summed E-state index contributed by atoms with van der Waals surface area (Å²) in [6.07, 6.45) is 0. The highest BCUT2D eigenvalue weighted by atomic mass is 35.5.